The molecular formula is C6H9N3O. The minimum Gasteiger partial charge on any atom is -0.351 e. The van der Waals surface area contributed by atoms with Gasteiger partial charge in [-0.2, -0.15) is 0 Å². The molecule has 0 spiro atoms. The van der Waals surface area contributed by atoms with E-state index >= 15 is 0 Å². The standard InChI is InChI=1S/C6H9N3O/c1-2-8-6(10)5-3-7-4-9-5/h3-4H,2H2,1H3,(H,7,9)(H,8,10). The topological polar surface area (TPSA) is 57.8 Å². The van der Waals surface area contributed by atoms with E-state index in [1.54, 1.807) is 6.20 Å². The molecule has 0 fully saturated rings. The fourth-order valence-electron chi connectivity index (χ4n) is 0.636. The van der Waals surface area contributed by atoms with Crippen LogP contribution in [0.3, 0.4) is 0 Å². The van der Waals surface area contributed by atoms with E-state index in [2.05, 4.69) is 15.3 Å². The Morgan fingerprint density at radius 3 is 3.20 bits per heavy atom. The van der Waals surface area contributed by atoms with Gasteiger partial charge in [0.15, 0.2) is 0 Å². The van der Waals surface area contributed by atoms with Crippen molar-refractivity contribution in [3.63, 3.8) is 0 Å². The summed E-state index contributed by atoms with van der Waals surface area (Å²) >= 11 is 0. The number of nitrogens with zero attached hydrogens (tertiary/aromatic N) is 1. The zero-order valence-electron chi connectivity index (χ0n) is 5.72. The average molecular weight is 139 g/mol. The fraction of sp³-hybridized carbons (Fsp3) is 0.333. The van der Waals surface area contributed by atoms with Crippen LogP contribution in [0.25, 0.3) is 0 Å². The van der Waals surface area contributed by atoms with Gasteiger partial charge in [0.1, 0.15) is 5.69 Å². The molecule has 10 heavy (non-hydrogen) atoms. The van der Waals surface area contributed by atoms with E-state index < -0.39 is 0 Å². The maximum absolute atomic E-state index is 10.9. The van der Waals surface area contributed by atoms with Crippen LogP contribution < -0.4 is 5.32 Å². The number of hydrogen-bond donors (Lipinski definition) is 2. The smallest absolute Gasteiger partial charge is 0.271 e. The van der Waals surface area contributed by atoms with Gasteiger partial charge in [-0.3, -0.25) is 4.79 Å². The Kier molecular flexibility index (Phi) is 2.04. The lowest BCUT2D eigenvalue weighted by Crippen LogP contribution is -2.22. The zero-order valence-corrected chi connectivity index (χ0v) is 5.72. The largest absolute Gasteiger partial charge is 0.351 e. The summed E-state index contributed by atoms with van der Waals surface area (Å²) < 4.78 is 0. The van der Waals surface area contributed by atoms with Crippen LogP contribution in [-0.2, 0) is 0 Å². The minimum atomic E-state index is -0.135. The van der Waals surface area contributed by atoms with Gasteiger partial charge in [0.25, 0.3) is 5.91 Å². The van der Waals surface area contributed by atoms with Gasteiger partial charge in [0.05, 0.1) is 6.33 Å². The van der Waals surface area contributed by atoms with Crippen molar-refractivity contribution in [2.75, 3.05) is 6.54 Å². The van der Waals surface area contributed by atoms with E-state index in [9.17, 15) is 4.79 Å². The monoisotopic (exact) mass is 139 g/mol. The predicted molar refractivity (Wildman–Crippen MR) is 36.6 cm³/mol. The predicted octanol–water partition coefficient (Wildman–Crippen LogP) is 0.159. The molecule has 1 aromatic heterocycles. The van der Waals surface area contributed by atoms with E-state index in [1.807, 2.05) is 6.92 Å². The molecule has 0 aromatic carbocycles. The Bertz CT molecular complexity index is 205. The second kappa shape index (κ2) is 3.00. The van der Waals surface area contributed by atoms with Crippen LogP contribution in [0.15, 0.2) is 12.5 Å². The summed E-state index contributed by atoms with van der Waals surface area (Å²) in [7, 11) is 0. The lowest BCUT2D eigenvalue weighted by Gasteiger charge is -1.94. The molecule has 4 nitrogen and oxygen atoms in total. The summed E-state index contributed by atoms with van der Waals surface area (Å²) in [6, 6.07) is 0. The molecule has 2 N–H and O–H groups in total. The Labute approximate surface area is 58.7 Å². The highest BCUT2D eigenvalue weighted by Crippen LogP contribution is 1.88. The number of H-pyrrole nitrogens is 1. The molecule has 0 atom stereocenters. The summed E-state index contributed by atoms with van der Waals surface area (Å²) in [5.74, 6) is -0.135. The van der Waals surface area contributed by atoms with Crippen LogP contribution in [0.4, 0.5) is 0 Å². The van der Waals surface area contributed by atoms with Gasteiger partial charge >= 0.3 is 0 Å². The second-order valence-corrected chi connectivity index (χ2v) is 1.81. The Balaban J connectivity index is 2.59. The van der Waals surface area contributed by atoms with Crippen molar-refractivity contribution in [3.05, 3.63) is 18.2 Å². The van der Waals surface area contributed by atoms with Gasteiger partial charge in [-0.15, -0.1) is 0 Å². The molecule has 1 amide bonds. The Morgan fingerprint density at radius 1 is 1.90 bits per heavy atom. The Morgan fingerprint density at radius 2 is 2.70 bits per heavy atom. The molecule has 1 aromatic rings. The van der Waals surface area contributed by atoms with Crippen LogP contribution in [0.5, 0.6) is 0 Å². The number of amides is 1. The molecule has 0 aliphatic carbocycles. The number of rotatable bonds is 2. The van der Waals surface area contributed by atoms with E-state index in [0.29, 0.717) is 12.2 Å². The number of aromatic amines is 1. The van der Waals surface area contributed by atoms with Gasteiger partial charge in [-0.1, -0.05) is 0 Å². The molecule has 0 saturated carbocycles. The molecule has 1 rings (SSSR count). The number of carbonyl (C=O) groups excluding carboxylic acids is 1. The van der Waals surface area contributed by atoms with Crippen molar-refractivity contribution in [1.29, 1.82) is 0 Å². The first kappa shape index (κ1) is 6.80. The first-order chi connectivity index (χ1) is 4.84. The van der Waals surface area contributed by atoms with Crippen molar-refractivity contribution in [2.45, 2.75) is 6.92 Å². The van der Waals surface area contributed by atoms with Crippen molar-refractivity contribution >= 4 is 5.91 Å². The van der Waals surface area contributed by atoms with E-state index in [1.165, 1.54) is 6.33 Å². The van der Waals surface area contributed by atoms with Gasteiger partial charge in [0.2, 0.25) is 0 Å². The van der Waals surface area contributed by atoms with Crippen molar-refractivity contribution in [1.82, 2.24) is 15.3 Å². The average Bonchev–Trinajstić information content (AvgIpc) is 2.38. The lowest BCUT2D eigenvalue weighted by atomic mass is 10.4. The molecule has 0 saturated heterocycles. The number of carbonyl (C=O) groups is 1. The highest BCUT2D eigenvalue weighted by Gasteiger charge is 2.03. The zero-order chi connectivity index (χ0) is 7.40. The summed E-state index contributed by atoms with van der Waals surface area (Å²) in [4.78, 5) is 17.4. The third kappa shape index (κ3) is 1.34. The first-order valence-electron chi connectivity index (χ1n) is 3.11. The van der Waals surface area contributed by atoms with Crippen molar-refractivity contribution in [3.8, 4) is 0 Å². The number of hydrogen-bond acceptors (Lipinski definition) is 2. The second-order valence-electron chi connectivity index (χ2n) is 1.81. The highest BCUT2D eigenvalue weighted by atomic mass is 16.1. The van der Waals surface area contributed by atoms with E-state index in [0.717, 1.165) is 0 Å². The van der Waals surface area contributed by atoms with Crippen LogP contribution >= 0.6 is 0 Å². The maximum atomic E-state index is 10.9. The summed E-state index contributed by atoms with van der Waals surface area (Å²) in [5.41, 5.74) is 0.432. The molecule has 0 unspecified atom stereocenters. The molecule has 0 aliphatic rings. The van der Waals surface area contributed by atoms with Gasteiger partial charge < -0.3 is 10.3 Å². The molecule has 0 aliphatic heterocycles. The fourth-order valence-corrected chi connectivity index (χ4v) is 0.636. The van der Waals surface area contributed by atoms with Gasteiger partial charge in [-0.25, -0.2) is 4.98 Å². The molecule has 54 valence electrons. The van der Waals surface area contributed by atoms with Crippen LogP contribution in [0, 0.1) is 0 Å². The van der Waals surface area contributed by atoms with E-state index in [4.69, 9.17) is 0 Å². The number of imidazole rings is 1. The summed E-state index contributed by atoms with van der Waals surface area (Å²) in [6.45, 7) is 2.50. The molecule has 0 radical (unpaired) electrons. The van der Waals surface area contributed by atoms with Crippen molar-refractivity contribution < 1.29 is 4.79 Å². The first-order valence-corrected chi connectivity index (χ1v) is 3.11. The van der Waals surface area contributed by atoms with Crippen LogP contribution in [-0.4, -0.2) is 22.4 Å². The van der Waals surface area contributed by atoms with Crippen molar-refractivity contribution in [2.24, 2.45) is 0 Å². The summed E-state index contributed by atoms with van der Waals surface area (Å²) in [5, 5.41) is 2.63. The van der Waals surface area contributed by atoms with Crippen LogP contribution in [0.2, 0.25) is 0 Å². The molecule has 0 bridgehead atoms. The van der Waals surface area contributed by atoms with Gasteiger partial charge in [-0.05, 0) is 6.92 Å². The molecule has 1 heterocycles. The molecular weight excluding hydrogens is 130 g/mol. The number of aromatic nitrogens is 2. The van der Waals surface area contributed by atoms with Crippen LogP contribution in [0.1, 0.15) is 17.4 Å². The normalized spacial score (nSPS) is 9.30. The van der Waals surface area contributed by atoms with Gasteiger partial charge in [0, 0.05) is 12.7 Å². The molecule has 4 heteroatoms. The third-order valence-electron chi connectivity index (χ3n) is 1.07. The quantitative estimate of drug-likeness (QED) is 0.613. The summed E-state index contributed by atoms with van der Waals surface area (Å²) in [6.07, 6.45) is 3.04. The Hall–Kier alpha value is -1.32. The lowest BCUT2D eigenvalue weighted by molar-refractivity contribution is 0.0951. The maximum Gasteiger partial charge on any atom is 0.271 e. The SMILES string of the molecule is CCNC(=O)c1c[nH]cn1. The number of nitrogens with one attached hydrogen (secondary N) is 2. The van der Waals surface area contributed by atoms with E-state index in [-0.39, 0.29) is 5.91 Å². The highest BCUT2D eigenvalue weighted by molar-refractivity contribution is 5.91. The minimum absolute atomic E-state index is 0.135. The third-order valence-corrected chi connectivity index (χ3v) is 1.07.